The van der Waals surface area contributed by atoms with Gasteiger partial charge >= 0.3 is 12.3 Å². The highest BCUT2D eigenvalue weighted by Crippen LogP contribution is 2.25. The number of hydrogen-bond donors (Lipinski definition) is 0. The van der Waals surface area contributed by atoms with Gasteiger partial charge in [0.05, 0.1) is 6.61 Å². The molecular weight excluding hydrogens is 385 g/mol. The predicted molar refractivity (Wildman–Crippen MR) is 102 cm³/mol. The van der Waals surface area contributed by atoms with Gasteiger partial charge < -0.3 is 14.4 Å². The van der Waals surface area contributed by atoms with Crippen molar-refractivity contribution in [1.29, 1.82) is 0 Å². The van der Waals surface area contributed by atoms with Crippen molar-refractivity contribution in [3.63, 3.8) is 0 Å². The Morgan fingerprint density at radius 2 is 1.79 bits per heavy atom. The Labute approximate surface area is 169 Å². The first-order valence-corrected chi connectivity index (χ1v) is 10.2. The third kappa shape index (κ3) is 7.19. The van der Waals surface area contributed by atoms with E-state index in [1.807, 2.05) is 30.3 Å². The molecule has 2 aliphatic heterocycles. The van der Waals surface area contributed by atoms with E-state index in [1.165, 1.54) is 0 Å². The molecule has 8 heteroatoms. The molecule has 1 unspecified atom stereocenters. The number of likely N-dealkylation sites (tertiary alicyclic amines) is 2. The van der Waals surface area contributed by atoms with Crippen LogP contribution >= 0.6 is 0 Å². The SMILES string of the molecule is O=C(OCc1ccccc1)N1CCC(N2CCCC(COCC(F)(F)F)C2)CC1. The van der Waals surface area contributed by atoms with Gasteiger partial charge in [-0.2, -0.15) is 13.2 Å². The molecule has 1 atom stereocenters. The number of amides is 1. The van der Waals surface area contributed by atoms with Gasteiger partial charge in [0.25, 0.3) is 0 Å². The van der Waals surface area contributed by atoms with E-state index in [2.05, 4.69) is 4.90 Å². The van der Waals surface area contributed by atoms with Crippen molar-refractivity contribution >= 4 is 6.09 Å². The Morgan fingerprint density at radius 1 is 1.07 bits per heavy atom. The predicted octanol–water partition coefficient (Wildman–Crippen LogP) is 4.08. The Bertz CT molecular complexity index is 634. The lowest BCUT2D eigenvalue weighted by molar-refractivity contribution is -0.177. The van der Waals surface area contributed by atoms with Crippen LogP contribution in [0.2, 0.25) is 0 Å². The molecule has 0 radical (unpaired) electrons. The molecule has 0 spiro atoms. The molecule has 1 aromatic carbocycles. The van der Waals surface area contributed by atoms with Crippen LogP contribution in [0, 0.1) is 5.92 Å². The fourth-order valence-electron chi connectivity index (χ4n) is 4.13. The van der Waals surface area contributed by atoms with Crippen molar-refractivity contribution in [3.8, 4) is 0 Å². The van der Waals surface area contributed by atoms with Gasteiger partial charge in [0, 0.05) is 25.7 Å². The van der Waals surface area contributed by atoms with Crippen LogP contribution in [0.3, 0.4) is 0 Å². The summed E-state index contributed by atoms with van der Waals surface area (Å²) in [7, 11) is 0. The second-order valence-electron chi connectivity index (χ2n) is 7.89. The van der Waals surface area contributed by atoms with Crippen LogP contribution in [0.15, 0.2) is 30.3 Å². The summed E-state index contributed by atoms with van der Waals surface area (Å²) in [6, 6.07) is 9.95. The minimum Gasteiger partial charge on any atom is -0.445 e. The average Bonchev–Trinajstić information content (AvgIpc) is 2.72. The standard InChI is InChI=1S/C21H29F3N2O3/c22-21(23,24)16-28-14-18-7-4-10-26(13-18)19-8-11-25(12-9-19)20(27)29-15-17-5-2-1-3-6-17/h1-3,5-6,18-19H,4,7-16H2. The smallest absolute Gasteiger partial charge is 0.411 e. The number of piperidine rings is 2. The molecule has 1 aromatic rings. The fourth-order valence-corrected chi connectivity index (χ4v) is 4.13. The minimum atomic E-state index is -4.27. The second-order valence-corrected chi connectivity index (χ2v) is 7.89. The second kappa shape index (κ2) is 10.3. The van der Waals surface area contributed by atoms with Crippen molar-refractivity contribution in [2.24, 2.45) is 5.92 Å². The third-order valence-corrected chi connectivity index (χ3v) is 5.61. The lowest BCUT2D eigenvalue weighted by Crippen LogP contribution is -2.50. The van der Waals surface area contributed by atoms with Gasteiger partial charge in [0.15, 0.2) is 0 Å². The van der Waals surface area contributed by atoms with Crippen LogP contribution in [-0.4, -0.2) is 67.5 Å². The van der Waals surface area contributed by atoms with Gasteiger partial charge in [0.2, 0.25) is 0 Å². The van der Waals surface area contributed by atoms with Crippen molar-refractivity contribution in [2.45, 2.75) is 44.5 Å². The Hall–Kier alpha value is -1.80. The fraction of sp³-hybridized carbons (Fsp3) is 0.667. The molecule has 0 aliphatic carbocycles. The molecule has 0 bridgehead atoms. The summed E-state index contributed by atoms with van der Waals surface area (Å²) >= 11 is 0. The summed E-state index contributed by atoms with van der Waals surface area (Å²) in [6.45, 7) is 2.26. The van der Waals surface area contributed by atoms with Crippen LogP contribution in [0.4, 0.5) is 18.0 Å². The lowest BCUT2D eigenvalue weighted by Gasteiger charge is -2.42. The summed E-state index contributed by atoms with van der Waals surface area (Å²) < 4.78 is 47.0. The minimum absolute atomic E-state index is 0.139. The topological polar surface area (TPSA) is 42.0 Å². The molecule has 2 fully saturated rings. The van der Waals surface area contributed by atoms with Gasteiger partial charge in [-0.25, -0.2) is 4.79 Å². The number of halogens is 3. The first-order valence-electron chi connectivity index (χ1n) is 10.2. The number of ether oxygens (including phenoxy) is 2. The number of alkyl halides is 3. The maximum atomic E-state index is 12.3. The van der Waals surface area contributed by atoms with Crippen molar-refractivity contribution in [2.75, 3.05) is 39.4 Å². The van der Waals surface area contributed by atoms with E-state index < -0.39 is 12.8 Å². The van der Waals surface area contributed by atoms with Gasteiger partial charge in [-0.1, -0.05) is 30.3 Å². The molecule has 2 heterocycles. The van der Waals surface area contributed by atoms with E-state index in [4.69, 9.17) is 9.47 Å². The summed E-state index contributed by atoms with van der Waals surface area (Å²) in [5.41, 5.74) is 0.961. The highest BCUT2D eigenvalue weighted by molar-refractivity contribution is 5.67. The van der Waals surface area contributed by atoms with E-state index in [9.17, 15) is 18.0 Å². The summed E-state index contributed by atoms with van der Waals surface area (Å²) in [6.07, 6.45) is -0.966. The number of rotatable bonds is 6. The quantitative estimate of drug-likeness (QED) is 0.704. The van der Waals surface area contributed by atoms with Crippen LogP contribution in [0.25, 0.3) is 0 Å². The van der Waals surface area contributed by atoms with E-state index in [0.717, 1.165) is 44.3 Å². The number of benzene rings is 1. The zero-order valence-electron chi connectivity index (χ0n) is 16.6. The molecule has 1 amide bonds. The van der Waals surface area contributed by atoms with Crippen molar-refractivity contribution in [1.82, 2.24) is 9.80 Å². The highest BCUT2D eigenvalue weighted by Gasteiger charge is 2.32. The molecule has 5 nitrogen and oxygen atoms in total. The first kappa shape index (κ1) is 21.9. The van der Waals surface area contributed by atoms with Crippen LogP contribution in [-0.2, 0) is 16.1 Å². The molecule has 0 aromatic heterocycles. The van der Waals surface area contributed by atoms with Gasteiger partial charge in [-0.3, -0.25) is 4.90 Å². The van der Waals surface area contributed by atoms with E-state index in [1.54, 1.807) is 4.90 Å². The monoisotopic (exact) mass is 414 g/mol. The summed E-state index contributed by atoms with van der Waals surface area (Å²) in [5.74, 6) is 0.139. The van der Waals surface area contributed by atoms with Gasteiger partial charge in [0.1, 0.15) is 13.2 Å². The molecule has 29 heavy (non-hydrogen) atoms. The summed E-state index contributed by atoms with van der Waals surface area (Å²) in [4.78, 5) is 16.4. The maximum Gasteiger partial charge on any atom is 0.411 e. The highest BCUT2D eigenvalue weighted by atomic mass is 19.4. The maximum absolute atomic E-state index is 12.3. The molecule has 0 saturated carbocycles. The largest absolute Gasteiger partial charge is 0.445 e. The molecule has 2 saturated heterocycles. The average molecular weight is 414 g/mol. The molecule has 0 N–H and O–H groups in total. The Balaban J connectivity index is 1.37. The number of nitrogens with zero attached hydrogens (tertiary/aromatic N) is 2. The first-order chi connectivity index (χ1) is 13.9. The van der Waals surface area contributed by atoms with Crippen LogP contribution in [0.1, 0.15) is 31.2 Å². The van der Waals surface area contributed by atoms with E-state index in [0.29, 0.717) is 19.1 Å². The zero-order chi connectivity index (χ0) is 20.7. The Morgan fingerprint density at radius 3 is 2.48 bits per heavy atom. The lowest BCUT2D eigenvalue weighted by atomic mass is 9.94. The van der Waals surface area contributed by atoms with Crippen molar-refractivity contribution in [3.05, 3.63) is 35.9 Å². The van der Waals surface area contributed by atoms with Crippen LogP contribution in [0.5, 0.6) is 0 Å². The molecule has 162 valence electrons. The molecule has 2 aliphatic rings. The van der Waals surface area contributed by atoms with Gasteiger partial charge in [-0.05, 0) is 43.7 Å². The summed E-state index contributed by atoms with van der Waals surface area (Å²) in [5, 5.41) is 0. The van der Waals surface area contributed by atoms with Gasteiger partial charge in [-0.15, -0.1) is 0 Å². The zero-order valence-corrected chi connectivity index (χ0v) is 16.6. The van der Waals surface area contributed by atoms with E-state index in [-0.39, 0.29) is 25.2 Å². The van der Waals surface area contributed by atoms with E-state index >= 15 is 0 Å². The third-order valence-electron chi connectivity index (χ3n) is 5.61. The Kier molecular flexibility index (Phi) is 7.77. The normalized spacial score (nSPS) is 21.9. The van der Waals surface area contributed by atoms with Crippen molar-refractivity contribution < 1.29 is 27.4 Å². The molecular formula is C21H29F3N2O3. The number of carbonyl (C=O) groups excluding carboxylic acids is 1. The molecule has 3 rings (SSSR count). The number of hydrogen-bond acceptors (Lipinski definition) is 4. The number of carbonyl (C=O) groups is 1. The van der Waals surface area contributed by atoms with Crippen LogP contribution < -0.4 is 0 Å².